The van der Waals surface area contributed by atoms with Crippen LogP contribution in [-0.2, 0) is 15.6 Å². The van der Waals surface area contributed by atoms with Crippen molar-refractivity contribution in [2.75, 3.05) is 25.5 Å². The van der Waals surface area contributed by atoms with Crippen molar-refractivity contribution < 1.29 is 9.37 Å². The van der Waals surface area contributed by atoms with E-state index in [4.69, 9.17) is 5.73 Å². The van der Waals surface area contributed by atoms with E-state index in [9.17, 15) is 4.79 Å². The van der Waals surface area contributed by atoms with Crippen LogP contribution in [-0.4, -0.2) is 48.9 Å². The Kier molecular flexibility index (Phi) is 10.9. The van der Waals surface area contributed by atoms with Crippen LogP contribution in [0.15, 0.2) is 95.4 Å². The van der Waals surface area contributed by atoms with Crippen LogP contribution in [0.4, 0.5) is 11.4 Å². The molecule has 6 nitrogen and oxygen atoms in total. The van der Waals surface area contributed by atoms with E-state index >= 15 is 0 Å². The predicted molar refractivity (Wildman–Crippen MR) is 209 cm³/mol. The lowest BCUT2D eigenvalue weighted by molar-refractivity contribution is -0.401. The van der Waals surface area contributed by atoms with Gasteiger partial charge in [0.1, 0.15) is 7.05 Å². The summed E-state index contributed by atoms with van der Waals surface area (Å²) in [5, 5.41) is 7.16. The molecule has 0 spiro atoms. The molecule has 2 aromatic carbocycles. The predicted octanol–water partition coefficient (Wildman–Crippen LogP) is 8.46. The summed E-state index contributed by atoms with van der Waals surface area (Å²) in [6, 6.07) is 18.2. The normalized spacial score (nSPS) is 24.3. The summed E-state index contributed by atoms with van der Waals surface area (Å²) < 4.78 is 2.36. The number of nitrogens with one attached hydrogen (secondary N) is 2. The second kappa shape index (κ2) is 15.1. The number of amides is 1. The van der Waals surface area contributed by atoms with Crippen molar-refractivity contribution in [3.05, 3.63) is 107 Å². The Morgan fingerprint density at radius 3 is 2.36 bits per heavy atom. The Bertz CT molecular complexity index is 1730. The molecule has 0 saturated heterocycles. The molecule has 6 rings (SSSR count). The number of unbranched alkanes of at least 4 members (excludes halogenated alkanes) is 2. The highest BCUT2D eigenvalue weighted by Crippen LogP contribution is 2.47. The number of para-hydroxylation sites is 2. The Hall–Kier alpha value is -3.90. The van der Waals surface area contributed by atoms with Crippen LogP contribution in [0.25, 0.3) is 0 Å². The second-order valence-corrected chi connectivity index (χ2v) is 16.0. The number of benzene rings is 2. The smallest absolute Gasteiger partial charge is 0.220 e. The van der Waals surface area contributed by atoms with Gasteiger partial charge >= 0.3 is 0 Å². The maximum atomic E-state index is 12.6. The molecular weight excluding hydrogens is 615 g/mol. The summed E-state index contributed by atoms with van der Waals surface area (Å²) in [5.41, 5.74) is 18.0. The fraction of sp³-hybridized carbons (Fsp3) is 0.500. The van der Waals surface area contributed by atoms with Gasteiger partial charge in [-0.3, -0.25) is 4.79 Å². The molecule has 4 N–H and O–H groups in total. The number of fused-ring (bicyclic) bond motifs is 2. The maximum absolute atomic E-state index is 12.6. The fourth-order valence-corrected chi connectivity index (χ4v) is 8.81. The highest BCUT2D eigenvalue weighted by molar-refractivity contribution is 6.03. The first-order chi connectivity index (χ1) is 24.0. The zero-order chi connectivity index (χ0) is 35.5. The minimum atomic E-state index is -0.0580. The van der Waals surface area contributed by atoms with Crippen molar-refractivity contribution in [3.8, 4) is 0 Å². The van der Waals surface area contributed by atoms with Gasteiger partial charge in [-0.2, -0.15) is 4.58 Å². The number of hydrogen-bond acceptors (Lipinski definition) is 4. The third-order valence-corrected chi connectivity index (χ3v) is 11.8. The Morgan fingerprint density at radius 2 is 1.62 bits per heavy atom. The van der Waals surface area contributed by atoms with E-state index in [2.05, 4.69) is 135 Å². The molecule has 6 heteroatoms. The molecular formula is C44H60N5O+. The largest absolute Gasteiger partial charge is 0.385 e. The third kappa shape index (κ3) is 7.42. The van der Waals surface area contributed by atoms with E-state index < -0.39 is 0 Å². The fourth-order valence-electron chi connectivity index (χ4n) is 8.81. The summed E-state index contributed by atoms with van der Waals surface area (Å²) in [7, 11) is 4.39. The average molecular weight is 675 g/mol. The van der Waals surface area contributed by atoms with Gasteiger partial charge in [0.15, 0.2) is 5.71 Å². The highest BCUT2D eigenvalue weighted by atomic mass is 16.1. The molecule has 0 atom stereocenters. The number of nitrogens with two attached hydrogens (primary N) is 1. The molecule has 1 saturated carbocycles. The van der Waals surface area contributed by atoms with Gasteiger partial charge in [0.2, 0.25) is 11.6 Å². The van der Waals surface area contributed by atoms with Crippen molar-refractivity contribution in [1.29, 1.82) is 0 Å². The number of hydrogen-bond donors (Lipinski definition) is 3. The van der Waals surface area contributed by atoms with E-state index in [1.807, 2.05) is 0 Å². The number of carbonyl (C=O) groups excluding carboxylic acids is 1. The topological polar surface area (TPSA) is 73.4 Å². The Labute approximate surface area is 301 Å². The summed E-state index contributed by atoms with van der Waals surface area (Å²) in [5.74, 6) is 0.195. The van der Waals surface area contributed by atoms with Crippen LogP contribution in [0.1, 0.15) is 109 Å². The standard InChI is InChI=1S/C44H59N5O/c1-43(2)35-17-9-11-19-37(35)48(5)39(43)28-22-31-15-14-16-32(23-29-40-44(3,4)36-18-10-12-20-38(36)49(40)6)42(31)46-30-13-7-8-21-41(50)47-34-26-24-33(45)25-27-34/h9-12,17-20,22-23,28-29,33-34H,7-8,13-16,21,24-27,30,45H2,1-6H3,(H,47,50)/p+1/b31-22+,39-28+/t33-,34-. The molecule has 0 bridgehead atoms. The second-order valence-electron chi connectivity index (χ2n) is 16.0. The molecule has 2 aromatic rings. The lowest BCUT2D eigenvalue weighted by Crippen LogP contribution is -2.40. The first-order valence-electron chi connectivity index (χ1n) is 19.1. The number of nitrogens with zero attached hydrogens (tertiary/aromatic N) is 2. The Balaban J connectivity index is 1.19. The van der Waals surface area contributed by atoms with Crippen LogP contribution in [0.2, 0.25) is 0 Å². The van der Waals surface area contributed by atoms with Gasteiger partial charge in [-0.05, 0) is 100 Å². The highest BCUT2D eigenvalue weighted by Gasteiger charge is 2.42. The molecule has 4 aliphatic rings. The molecule has 50 heavy (non-hydrogen) atoms. The zero-order valence-electron chi connectivity index (χ0n) is 31.4. The van der Waals surface area contributed by atoms with Gasteiger partial charge in [0, 0.05) is 72.3 Å². The first-order valence-corrected chi connectivity index (χ1v) is 19.1. The van der Waals surface area contributed by atoms with E-state index in [-0.39, 0.29) is 16.7 Å². The lowest BCUT2D eigenvalue weighted by atomic mass is 9.81. The van der Waals surface area contributed by atoms with E-state index in [0.29, 0.717) is 18.5 Å². The van der Waals surface area contributed by atoms with Crippen LogP contribution in [0, 0.1) is 0 Å². The number of rotatable bonds is 11. The van der Waals surface area contributed by atoms with Gasteiger partial charge < -0.3 is 21.3 Å². The molecule has 2 aliphatic heterocycles. The van der Waals surface area contributed by atoms with Gasteiger partial charge in [0.05, 0.1) is 5.41 Å². The minimum Gasteiger partial charge on any atom is -0.385 e. The van der Waals surface area contributed by atoms with Crippen LogP contribution in [0.3, 0.4) is 0 Å². The minimum absolute atomic E-state index is 0.0580. The molecule has 2 heterocycles. The SMILES string of the molecule is CN1/C(=C/C=C2\CCCC(/C=C/C3=[N+](C)c4ccccc4C3(C)C)=C2NCCCCCC(=O)N[C@H]2CC[C@H](N)CC2)C(C)(C)c2ccccc21. The summed E-state index contributed by atoms with van der Waals surface area (Å²) >= 11 is 0. The molecule has 2 aliphatic carbocycles. The van der Waals surface area contributed by atoms with Crippen molar-refractivity contribution in [2.24, 2.45) is 5.73 Å². The zero-order valence-corrected chi connectivity index (χ0v) is 31.4. The molecule has 1 fully saturated rings. The maximum Gasteiger partial charge on any atom is 0.220 e. The molecule has 266 valence electrons. The van der Waals surface area contributed by atoms with Crippen LogP contribution >= 0.6 is 0 Å². The number of allylic oxidation sites excluding steroid dienone is 7. The lowest BCUT2D eigenvalue weighted by Gasteiger charge is -2.26. The van der Waals surface area contributed by atoms with Crippen LogP contribution in [0.5, 0.6) is 0 Å². The Morgan fingerprint density at radius 1 is 0.900 bits per heavy atom. The number of carbonyl (C=O) groups is 1. The summed E-state index contributed by atoms with van der Waals surface area (Å²) in [4.78, 5) is 15.0. The van der Waals surface area contributed by atoms with Crippen molar-refractivity contribution in [1.82, 2.24) is 10.6 Å². The molecule has 0 aromatic heterocycles. The van der Waals surface area contributed by atoms with E-state index in [1.54, 1.807) is 0 Å². The van der Waals surface area contributed by atoms with E-state index in [1.165, 1.54) is 50.8 Å². The molecule has 0 unspecified atom stereocenters. The van der Waals surface area contributed by atoms with Gasteiger partial charge in [-0.1, -0.05) is 68.8 Å². The van der Waals surface area contributed by atoms with Gasteiger partial charge in [-0.15, -0.1) is 0 Å². The van der Waals surface area contributed by atoms with Gasteiger partial charge in [0.25, 0.3) is 0 Å². The van der Waals surface area contributed by atoms with Crippen LogP contribution < -0.4 is 21.3 Å². The van der Waals surface area contributed by atoms with Gasteiger partial charge in [-0.25, -0.2) is 0 Å². The van der Waals surface area contributed by atoms with Crippen molar-refractivity contribution in [2.45, 2.75) is 121 Å². The average Bonchev–Trinajstić information content (AvgIpc) is 3.42. The molecule has 1 amide bonds. The monoisotopic (exact) mass is 674 g/mol. The summed E-state index contributed by atoms with van der Waals surface area (Å²) in [6.45, 7) is 10.2. The first kappa shape index (κ1) is 35.9. The third-order valence-electron chi connectivity index (χ3n) is 11.8. The van der Waals surface area contributed by atoms with Crippen molar-refractivity contribution in [3.63, 3.8) is 0 Å². The summed E-state index contributed by atoms with van der Waals surface area (Å²) in [6.07, 6.45) is 20.4. The number of likely N-dealkylation sites (N-methyl/N-ethyl adjacent to an activating group) is 1. The molecule has 0 radical (unpaired) electrons. The van der Waals surface area contributed by atoms with E-state index in [0.717, 1.165) is 70.8 Å². The quantitative estimate of drug-likeness (QED) is 0.165. The number of anilines is 1. The van der Waals surface area contributed by atoms with Crippen molar-refractivity contribution >= 4 is 23.0 Å².